The van der Waals surface area contributed by atoms with Crippen LogP contribution >= 0.6 is 0 Å². The molecule has 6 heteroatoms. The van der Waals surface area contributed by atoms with Crippen molar-refractivity contribution in [3.63, 3.8) is 0 Å². The number of carbonyl (C=O) groups is 3. The number of allylic oxidation sites excluding steroid dienone is 30. The second-order valence-electron chi connectivity index (χ2n) is 17.7. The summed E-state index contributed by atoms with van der Waals surface area (Å²) in [6.07, 6.45) is 88.9. The average Bonchev–Trinajstić information content (AvgIpc) is 3.39. The van der Waals surface area contributed by atoms with Crippen molar-refractivity contribution in [1.29, 1.82) is 0 Å². The van der Waals surface area contributed by atoms with E-state index in [0.717, 1.165) is 116 Å². The van der Waals surface area contributed by atoms with E-state index in [1.807, 2.05) is 12.2 Å². The van der Waals surface area contributed by atoms with Gasteiger partial charge in [-0.15, -0.1) is 0 Å². The SMILES string of the molecule is CC/C=C\C/C=C\C/C=C\C/C=C\C/C=C\CCCCCC(=O)OC[C@H](COC(=O)CCC/C=C\C/C=C\C/C=C\C/C=C\C/C=C\CC)OC(=O)CC/C=C\C/C=C\C/C=C\C/C=C\C/C=C\CCCCC. The number of hydrogen-bond acceptors (Lipinski definition) is 6. The first-order valence-corrected chi connectivity index (χ1v) is 28.3. The highest BCUT2D eigenvalue weighted by Gasteiger charge is 2.19. The van der Waals surface area contributed by atoms with Crippen LogP contribution in [0.15, 0.2) is 182 Å². The highest BCUT2D eigenvalue weighted by molar-refractivity contribution is 5.71. The molecule has 0 spiro atoms. The number of esters is 3. The molecular weight excluding hydrogens is 901 g/mol. The van der Waals surface area contributed by atoms with Crippen molar-refractivity contribution in [3.05, 3.63) is 182 Å². The first-order valence-electron chi connectivity index (χ1n) is 28.3. The van der Waals surface area contributed by atoms with Gasteiger partial charge in [0.1, 0.15) is 13.2 Å². The molecule has 0 bridgehead atoms. The third kappa shape index (κ3) is 57.3. The first kappa shape index (κ1) is 67.5. The van der Waals surface area contributed by atoms with Crippen molar-refractivity contribution in [1.82, 2.24) is 0 Å². The lowest BCUT2D eigenvalue weighted by Crippen LogP contribution is -2.30. The molecule has 0 aromatic carbocycles. The molecule has 0 fully saturated rings. The Hall–Kier alpha value is -5.49. The van der Waals surface area contributed by atoms with Gasteiger partial charge in [-0.2, -0.15) is 0 Å². The Morgan fingerprint density at radius 1 is 0.288 bits per heavy atom. The van der Waals surface area contributed by atoms with Crippen LogP contribution in [0.2, 0.25) is 0 Å². The third-order valence-corrected chi connectivity index (χ3v) is 10.9. The second-order valence-corrected chi connectivity index (χ2v) is 17.7. The average molecular weight is 1000 g/mol. The Bertz CT molecular complexity index is 1770. The molecular formula is C67H100O6. The molecule has 0 aliphatic rings. The van der Waals surface area contributed by atoms with Crippen LogP contribution in [0.1, 0.15) is 201 Å². The fraction of sp³-hybridized carbons (Fsp3) is 0.507. The molecule has 0 N–H and O–H groups in total. The van der Waals surface area contributed by atoms with Gasteiger partial charge in [0.2, 0.25) is 0 Å². The van der Waals surface area contributed by atoms with Gasteiger partial charge in [-0.05, 0) is 141 Å². The van der Waals surface area contributed by atoms with E-state index in [9.17, 15) is 14.4 Å². The van der Waals surface area contributed by atoms with Crippen LogP contribution in [-0.4, -0.2) is 37.2 Å². The summed E-state index contributed by atoms with van der Waals surface area (Å²) in [6.45, 7) is 6.22. The molecule has 404 valence electrons. The van der Waals surface area contributed by atoms with Crippen LogP contribution in [0.25, 0.3) is 0 Å². The maximum atomic E-state index is 12.8. The van der Waals surface area contributed by atoms with E-state index in [-0.39, 0.29) is 44.4 Å². The molecule has 0 saturated carbocycles. The molecule has 6 nitrogen and oxygen atoms in total. The van der Waals surface area contributed by atoms with Crippen molar-refractivity contribution in [2.45, 2.75) is 207 Å². The fourth-order valence-corrected chi connectivity index (χ4v) is 6.72. The Balaban J connectivity index is 4.70. The molecule has 73 heavy (non-hydrogen) atoms. The molecule has 0 rings (SSSR count). The topological polar surface area (TPSA) is 78.9 Å². The van der Waals surface area contributed by atoms with Gasteiger partial charge < -0.3 is 14.2 Å². The normalized spacial score (nSPS) is 13.5. The fourth-order valence-electron chi connectivity index (χ4n) is 6.72. The summed E-state index contributed by atoms with van der Waals surface area (Å²) in [6, 6.07) is 0. The lowest BCUT2D eigenvalue weighted by Gasteiger charge is -2.18. The Kier molecular flexibility index (Phi) is 54.6. The van der Waals surface area contributed by atoms with Gasteiger partial charge in [0.25, 0.3) is 0 Å². The van der Waals surface area contributed by atoms with Gasteiger partial charge >= 0.3 is 17.9 Å². The molecule has 0 amide bonds. The van der Waals surface area contributed by atoms with Crippen LogP contribution in [0, 0.1) is 0 Å². The Morgan fingerprint density at radius 2 is 0.575 bits per heavy atom. The van der Waals surface area contributed by atoms with Gasteiger partial charge in [-0.3, -0.25) is 14.4 Å². The summed E-state index contributed by atoms with van der Waals surface area (Å²) in [4.78, 5) is 38.1. The summed E-state index contributed by atoms with van der Waals surface area (Å²) in [5.41, 5.74) is 0. The summed E-state index contributed by atoms with van der Waals surface area (Å²) >= 11 is 0. The minimum Gasteiger partial charge on any atom is -0.462 e. The molecule has 0 unspecified atom stereocenters. The Morgan fingerprint density at radius 3 is 0.918 bits per heavy atom. The summed E-state index contributed by atoms with van der Waals surface area (Å²) in [5, 5.41) is 0. The summed E-state index contributed by atoms with van der Waals surface area (Å²) in [7, 11) is 0. The molecule has 0 radical (unpaired) electrons. The maximum absolute atomic E-state index is 12.8. The monoisotopic (exact) mass is 1000 g/mol. The summed E-state index contributed by atoms with van der Waals surface area (Å²) < 4.78 is 16.7. The van der Waals surface area contributed by atoms with E-state index in [0.29, 0.717) is 19.3 Å². The minimum absolute atomic E-state index is 0.153. The number of unbranched alkanes of at least 4 members (excludes halogenated alkanes) is 7. The lowest BCUT2D eigenvalue weighted by atomic mass is 10.1. The van der Waals surface area contributed by atoms with Crippen molar-refractivity contribution >= 4 is 17.9 Å². The first-order chi connectivity index (χ1) is 36.0. The van der Waals surface area contributed by atoms with Crippen LogP contribution in [0.3, 0.4) is 0 Å². The number of ether oxygens (including phenoxy) is 3. The zero-order valence-corrected chi connectivity index (χ0v) is 46.1. The third-order valence-electron chi connectivity index (χ3n) is 10.9. The number of carbonyl (C=O) groups excluding carboxylic acids is 3. The molecule has 0 aromatic rings. The maximum Gasteiger partial charge on any atom is 0.306 e. The van der Waals surface area contributed by atoms with E-state index in [1.54, 1.807) is 0 Å². The van der Waals surface area contributed by atoms with Crippen LogP contribution in [0.4, 0.5) is 0 Å². The van der Waals surface area contributed by atoms with Crippen LogP contribution < -0.4 is 0 Å². The zero-order valence-electron chi connectivity index (χ0n) is 46.1. The van der Waals surface area contributed by atoms with E-state index < -0.39 is 12.1 Å². The van der Waals surface area contributed by atoms with Gasteiger partial charge in [-0.1, -0.05) is 222 Å². The van der Waals surface area contributed by atoms with Crippen molar-refractivity contribution in [3.8, 4) is 0 Å². The highest BCUT2D eigenvalue weighted by Crippen LogP contribution is 2.09. The van der Waals surface area contributed by atoms with E-state index in [2.05, 4.69) is 191 Å². The molecule has 1 atom stereocenters. The van der Waals surface area contributed by atoms with Crippen molar-refractivity contribution < 1.29 is 28.6 Å². The van der Waals surface area contributed by atoms with Gasteiger partial charge in [0.15, 0.2) is 6.10 Å². The predicted octanol–water partition coefficient (Wildman–Crippen LogP) is 19.3. The number of rotatable bonds is 48. The van der Waals surface area contributed by atoms with Gasteiger partial charge in [0, 0.05) is 19.3 Å². The van der Waals surface area contributed by atoms with Crippen LogP contribution in [0.5, 0.6) is 0 Å². The van der Waals surface area contributed by atoms with Gasteiger partial charge in [-0.25, -0.2) is 0 Å². The lowest BCUT2D eigenvalue weighted by molar-refractivity contribution is -0.166. The smallest absolute Gasteiger partial charge is 0.306 e. The van der Waals surface area contributed by atoms with Gasteiger partial charge in [0.05, 0.1) is 0 Å². The molecule has 0 aliphatic carbocycles. The van der Waals surface area contributed by atoms with Crippen molar-refractivity contribution in [2.24, 2.45) is 0 Å². The molecule has 0 saturated heterocycles. The minimum atomic E-state index is -0.866. The van der Waals surface area contributed by atoms with E-state index in [4.69, 9.17) is 14.2 Å². The quantitative estimate of drug-likeness (QED) is 0.0262. The number of hydrogen-bond donors (Lipinski definition) is 0. The highest BCUT2D eigenvalue weighted by atomic mass is 16.6. The standard InChI is InChI=1S/C67H100O6/c1-4-7-10-13-16-19-22-25-28-31-33-36-39-42-45-48-51-54-57-60-66(69)72-63-64(62-71-65(68)59-56-53-50-47-44-41-38-35-30-27-24-21-18-15-12-9-6-3)73-67(70)61-58-55-52-49-46-43-40-37-34-32-29-26-23-20-17-14-11-8-5-2/h7,9-10,12,16-21,25-30,33-34,36-38,41-43,45-47,50,52,55,64H,4-6,8,11,13-15,22-24,31-32,35,39-40,44,48-49,51,53-54,56-63H2,1-3H3/b10-7-,12-9-,19-16-,20-17-,21-18-,28-25-,29-26-,30-27-,36-33-,37-34-,41-38-,45-42-,46-43-,50-47-,55-52-/t64-/m0/s1. The molecule has 0 aromatic heterocycles. The van der Waals surface area contributed by atoms with E-state index >= 15 is 0 Å². The zero-order chi connectivity index (χ0) is 52.9. The molecule has 0 aliphatic heterocycles. The van der Waals surface area contributed by atoms with Crippen LogP contribution in [-0.2, 0) is 28.6 Å². The van der Waals surface area contributed by atoms with Crippen molar-refractivity contribution in [2.75, 3.05) is 13.2 Å². The molecule has 0 heterocycles. The predicted molar refractivity (Wildman–Crippen MR) is 315 cm³/mol. The second kappa shape index (κ2) is 59.1. The van der Waals surface area contributed by atoms with E-state index in [1.165, 1.54) is 25.7 Å². The Labute approximate surface area is 446 Å². The summed E-state index contributed by atoms with van der Waals surface area (Å²) in [5.74, 6) is -1.14. The largest absolute Gasteiger partial charge is 0.462 e.